The second-order valence-corrected chi connectivity index (χ2v) is 5.70. The van der Waals surface area contributed by atoms with Gasteiger partial charge < -0.3 is 9.84 Å². The van der Waals surface area contributed by atoms with Crippen molar-refractivity contribution in [2.24, 2.45) is 0 Å². The largest absolute Gasteiger partial charge is 0.497 e. The van der Waals surface area contributed by atoms with Gasteiger partial charge in [-0.3, -0.25) is 0 Å². The van der Waals surface area contributed by atoms with Gasteiger partial charge in [0.25, 0.3) is 0 Å². The first-order valence-corrected chi connectivity index (χ1v) is 7.11. The van der Waals surface area contributed by atoms with Crippen LogP contribution in [0.5, 0.6) is 5.75 Å². The standard InChI is InChI=1S/C18H20O2/c1-20-17-8-4-5-14(11-17)12-18(19)10-9-15-6-2-3-7-16(15)13-18/h2-8,11,19H,9-10,12-13H2,1H3. The van der Waals surface area contributed by atoms with E-state index in [0.717, 1.165) is 30.6 Å². The minimum absolute atomic E-state index is 0.638. The molecule has 2 nitrogen and oxygen atoms in total. The number of aryl methyl sites for hydroxylation is 1. The fourth-order valence-corrected chi connectivity index (χ4v) is 3.10. The van der Waals surface area contributed by atoms with Crippen LogP contribution in [0.2, 0.25) is 0 Å². The zero-order chi connectivity index (χ0) is 14.0. The predicted octanol–water partition coefficient (Wildman–Crippen LogP) is 3.16. The molecule has 1 N–H and O–H groups in total. The van der Waals surface area contributed by atoms with Crippen LogP contribution in [0.25, 0.3) is 0 Å². The van der Waals surface area contributed by atoms with Crippen molar-refractivity contribution in [1.29, 1.82) is 0 Å². The molecule has 0 radical (unpaired) electrons. The Labute approximate surface area is 120 Å². The van der Waals surface area contributed by atoms with Crippen molar-refractivity contribution in [1.82, 2.24) is 0 Å². The van der Waals surface area contributed by atoms with Gasteiger partial charge in [-0.05, 0) is 41.7 Å². The smallest absolute Gasteiger partial charge is 0.119 e. The topological polar surface area (TPSA) is 29.5 Å². The minimum Gasteiger partial charge on any atom is -0.497 e. The third kappa shape index (κ3) is 2.70. The molecule has 1 aliphatic carbocycles. The van der Waals surface area contributed by atoms with E-state index in [-0.39, 0.29) is 0 Å². The summed E-state index contributed by atoms with van der Waals surface area (Å²) in [7, 11) is 1.67. The Kier molecular flexibility index (Phi) is 3.49. The molecule has 20 heavy (non-hydrogen) atoms. The van der Waals surface area contributed by atoms with Crippen molar-refractivity contribution in [3.8, 4) is 5.75 Å². The van der Waals surface area contributed by atoms with E-state index in [0.29, 0.717) is 6.42 Å². The molecular formula is C18H20O2. The van der Waals surface area contributed by atoms with Gasteiger partial charge in [0.05, 0.1) is 12.7 Å². The fraction of sp³-hybridized carbons (Fsp3) is 0.333. The van der Waals surface area contributed by atoms with Crippen molar-refractivity contribution < 1.29 is 9.84 Å². The van der Waals surface area contributed by atoms with E-state index in [2.05, 4.69) is 30.3 Å². The fourth-order valence-electron chi connectivity index (χ4n) is 3.10. The number of benzene rings is 2. The van der Waals surface area contributed by atoms with E-state index >= 15 is 0 Å². The Morgan fingerprint density at radius 3 is 2.70 bits per heavy atom. The first kappa shape index (κ1) is 13.2. The van der Waals surface area contributed by atoms with Crippen LogP contribution in [-0.4, -0.2) is 17.8 Å². The third-order valence-electron chi connectivity index (χ3n) is 4.16. The number of hydrogen-bond acceptors (Lipinski definition) is 2. The molecule has 0 amide bonds. The summed E-state index contributed by atoms with van der Waals surface area (Å²) in [4.78, 5) is 0. The highest BCUT2D eigenvalue weighted by Crippen LogP contribution is 2.31. The molecule has 0 aliphatic heterocycles. The number of ether oxygens (including phenoxy) is 1. The van der Waals surface area contributed by atoms with Crippen LogP contribution in [0.3, 0.4) is 0 Å². The number of hydrogen-bond donors (Lipinski definition) is 1. The molecular weight excluding hydrogens is 248 g/mol. The Hall–Kier alpha value is -1.80. The lowest BCUT2D eigenvalue weighted by Gasteiger charge is -2.33. The molecule has 0 saturated heterocycles. The van der Waals surface area contributed by atoms with Crippen molar-refractivity contribution in [3.05, 3.63) is 65.2 Å². The highest BCUT2D eigenvalue weighted by Gasteiger charge is 2.32. The lowest BCUT2D eigenvalue weighted by Crippen LogP contribution is -2.38. The van der Waals surface area contributed by atoms with Gasteiger partial charge in [-0.2, -0.15) is 0 Å². The Bertz CT molecular complexity index is 606. The zero-order valence-electron chi connectivity index (χ0n) is 11.8. The quantitative estimate of drug-likeness (QED) is 0.926. The van der Waals surface area contributed by atoms with Gasteiger partial charge in [0.2, 0.25) is 0 Å². The summed E-state index contributed by atoms with van der Waals surface area (Å²) >= 11 is 0. The molecule has 2 aromatic rings. The van der Waals surface area contributed by atoms with E-state index in [1.807, 2.05) is 18.2 Å². The van der Waals surface area contributed by atoms with E-state index in [1.54, 1.807) is 7.11 Å². The Morgan fingerprint density at radius 2 is 1.90 bits per heavy atom. The average molecular weight is 268 g/mol. The maximum Gasteiger partial charge on any atom is 0.119 e. The molecule has 0 bridgehead atoms. The molecule has 104 valence electrons. The summed E-state index contributed by atoms with van der Waals surface area (Å²) in [6, 6.07) is 16.4. The van der Waals surface area contributed by atoms with Crippen LogP contribution in [-0.2, 0) is 19.3 Å². The van der Waals surface area contributed by atoms with E-state index in [4.69, 9.17) is 4.74 Å². The van der Waals surface area contributed by atoms with Gasteiger partial charge in [-0.1, -0.05) is 36.4 Å². The summed E-state index contributed by atoms with van der Waals surface area (Å²) in [6.07, 6.45) is 3.19. The number of methoxy groups -OCH3 is 1. The van der Waals surface area contributed by atoms with Crippen molar-refractivity contribution in [3.63, 3.8) is 0 Å². The molecule has 2 heteroatoms. The zero-order valence-corrected chi connectivity index (χ0v) is 11.8. The highest BCUT2D eigenvalue weighted by atomic mass is 16.5. The molecule has 1 atom stereocenters. The summed E-state index contributed by atoms with van der Waals surface area (Å²) < 4.78 is 5.25. The highest BCUT2D eigenvalue weighted by molar-refractivity contribution is 5.34. The first-order valence-electron chi connectivity index (χ1n) is 7.11. The molecule has 2 aromatic carbocycles. The van der Waals surface area contributed by atoms with Gasteiger partial charge in [0, 0.05) is 12.8 Å². The molecule has 0 saturated carbocycles. The predicted molar refractivity (Wildman–Crippen MR) is 80.1 cm³/mol. The Balaban J connectivity index is 1.80. The number of aliphatic hydroxyl groups is 1. The SMILES string of the molecule is COc1cccc(CC2(O)CCc3ccccc3C2)c1. The van der Waals surface area contributed by atoms with Gasteiger partial charge in [-0.25, -0.2) is 0 Å². The van der Waals surface area contributed by atoms with Gasteiger partial charge in [0.1, 0.15) is 5.75 Å². The van der Waals surface area contributed by atoms with E-state index in [9.17, 15) is 5.11 Å². The lowest BCUT2D eigenvalue weighted by molar-refractivity contribution is 0.0267. The average Bonchev–Trinajstić information content (AvgIpc) is 2.47. The van der Waals surface area contributed by atoms with Gasteiger partial charge in [-0.15, -0.1) is 0 Å². The van der Waals surface area contributed by atoms with Crippen LogP contribution >= 0.6 is 0 Å². The minimum atomic E-state index is -0.638. The van der Waals surface area contributed by atoms with Gasteiger partial charge >= 0.3 is 0 Å². The molecule has 0 fully saturated rings. The molecule has 3 rings (SSSR count). The van der Waals surface area contributed by atoms with Crippen LogP contribution in [0.15, 0.2) is 48.5 Å². The molecule has 1 aliphatic rings. The van der Waals surface area contributed by atoms with Crippen LogP contribution in [0.1, 0.15) is 23.1 Å². The monoisotopic (exact) mass is 268 g/mol. The van der Waals surface area contributed by atoms with Crippen molar-refractivity contribution in [2.45, 2.75) is 31.3 Å². The molecule has 0 heterocycles. The van der Waals surface area contributed by atoms with Crippen LogP contribution in [0, 0.1) is 0 Å². The number of fused-ring (bicyclic) bond motifs is 1. The second kappa shape index (κ2) is 5.29. The summed E-state index contributed by atoms with van der Waals surface area (Å²) in [6.45, 7) is 0. The Morgan fingerprint density at radius 1 is 1.10 bits per heavy atom. The van der Waals surface area contributed by atoms with E-state index < -0.39 is 5.60 Å². The second-order valence-electron chi connectivity index (χ2n) is 5.70. The van der Waals surface area contributed by atoms with Crippen LogP contribution < -0.4 is 4.74 Å². The summed E-state index contributed by atoms with van der Waals surface area (Å²) in [5.41, 5.74) is 3.15. The maximum atomic E-state index is 10.9. The maximum absolute atomic E-state index is 10.9. The summed E-state index contributed by atoms with van der Waals surface area (Å²) in [5.74, 6) is 0.849. The normalized spacial score (nSPS) is 21.3. The molecule has 0 spiro atoms. The summed E-state index contributed by atoms with van der Waals surface area (Å²) in [5, 5.41) is 10.9. The van der Waals surface area contributed by atoms with E-state index in [1.165, 1.54) is 11.1 Å². The lowest BCUT2D eigenvalue weighted by atomic mass is 9.77. The number of rotatable bonds is 3. The van der Waals surface area contributed by atoms with Gasteiger partial charge in [0.15, 0.2) is 0 Å². The van der Waals surface area contributed by atoms with Crippen molar-refractivity contribution >= 4 is 0 Å². The van der Waals surface area contributed by atoms with Crippen LogP contribution in [0.4, 0.5) is 0 Å². The molecule has 1 unspecified atom stereocenters. The third-order valence-corrected chi connectivity index (χ3v) is 4.16. The first-order chi connectivity index (χ1) is 9.68. The van der Waals surface area contributed by atoms with Crippen molar-refractivity contribution in [2.75, 3.05) is 7.11 Å². The molecule has 0 aromatic heterocycles.